The Morgan fingerprint density at radius 2 is 1.95 bits per heavy atom. The molecular formula is C15H13N3O2. The number of imidazole rings is 1. The van der Waals surface area contributed by atoms with Crippen molar-refractivity contribution in [3.05, 3.63) is 53.7 Å². The molecular weight excluding hydrogens is 254 g/mol. The fourth-order valence-corrected chi connectivity index (χ4v) is 2.32. The topological polar surface area (TPSA) is 80.6 Å². The van der Waals surface area contributed by atoms with Crippen LogP contribution in [-0.2, 0) is 0 Å². The summed E-state index contributed by atoms with van der Waals surface area (Å²) >= 11 is 0. The van der Waals surface area contributed by atoms with Crippen molar-refractivity contribution in [2.45, 2.75) is 6.92 Å². The highest BCUT2D eigenvalue weighted by atomic mass is 16.4. The monoisotopic (exact) mass is 267 g/mol. The van der Waals surface area contributed by atoms with Gasteiger partial charge in [-0.2, -0.15) is 0 Å². The number of aromatic nitrogens is 2. The van der Waals surface area contributed by atoms with E-state index in [1.165, 1.54) is 0 Å². The molecule has 2 aromatic heterocycles. The van der Waals surface area contributed by atoms with Gasteiger partial charge in [-0.05, 0) is 24.6 Å². The average Bonchev–Trinajstić information content (AvgIpc) is 2.80. The highest BCUT2D eigenvalue weighted by Gasteiger charge is 2.19. The molecule has 0 unspecified atom stereocenters. The van der Waals surface area contributed by atoms with Gasteiger partial charge in [-0.25, -0.2) is 9.78 Å². The lowest BCUT2D eigenvalue weighted by Crippen LogP contribution is -1.99. The first-order valence-electron chi connectivity index (χ1n) is 6.16. The van der Waals surface area contributed by atoms with Crippen molar-refractivity contribution >= 4 is 17.3 Å². The number of carboxylic acid groups (broad SMARTS) is 1. The molecule has 3 N–H and O–H groups in total. The Labute approximate surface area is 115 Å². The molecule has 0 atom stereocenters. The third-order valence-corrected chi connectivity index (χ3v) is 3.28. The van der Waals surface area contributed by atoms with Gasteiger partial charge in [0.2, 0.25) is 0 Å². The van der Waals surface area contributed by atoms with Gasteiger partial charge < -0.3 is 10.8 Å². The number of aromatic carboxylic acids is 1. The molecule has 100 valence electrons. The molecule has 3 rings (SSSR count). The van der Waals surface area contributed by atoms with Crippen LogP contribution in [0, 0.1) is 6.92 Å². The maximum atomic E-state index is 11.3. The molecule has 0 bridgehead atoms. The van der Waals surface area contributed by atoms with Crippen LogP contribution in [0.3, 0.4) is 0 Å². The first-order valence-corrected chi connectivity index (χ1v) is 6.16. The summed E-state index contributed by atoms with van der Waals surface area (Å²) in [6.45, 7) is 1.95. The van der Waals surface area contributed by atoms with E-state index in [4.69, 9.17) is 5.73 Å². The molecule has 0 radical (unpaired) electrons. The zero-order chi connectivity index (χ0) is 14.3. The summed E-state index contributed by atoms with van der Waals surface area (Å²) in [5.74, 6) is -0.0534. The molecule has 3 aromatic rings. The minimum Gasteiger partial charge on any atom is -0.476 e. The minimum atomic E-state index is -1.06. The molecule has 0 aliphatic rings. The summed E-state index contributed by atoms with van der Waals surface area (Å²) < 4.78 is 1.67. The van der Waals surface area contributed by atoms with E-state index >= 15 is 0 Å². The molecule has 0 aliphatic heterocycles. The van der Waals surface area contributed by atoms with Crippen molar-refractivity contribution in [3.63, 3.8) is 0 Å². The highest BCUT2D eigenvalue weighted by Crippen LogP contribution is 2.27. The Morgan fingerprint density at radius 1 is 1.20 bits per heavy atom. The Morgan fingerprint density at radius 3 is 2.65 bits per heavy atom. The van der Waals surface area contributed by atoms with Crippen LogP contribution in [-0.4, -0.2) is 20.5 Å². The van der Waals surface area contributed by atoms with E-state index in [2.05, 4.69) is 4.98 Å². The van der Waals surface area contributed by atoms with E-state index in [1.54, 1.807) is 22.6 Å². The van der Waals surface area contributed by atoms with Gasteiger partial charge in [0.1, 0.15) is 11.6 Å². The number of anilines is 1. The highest BCUT2D eigenvalue weighted by molar-refractivity contribution is 5.95. The van der Waals surface area contributed by atoms with Crippen molar-refractivity contribution < 1.29 is 9.90 Å². The quantitative estimate of drug-likeness (QED) is 0.747. The Balaban J connectivity index is 2.43. The van der Waals surface area contributed by atoms with E-state index in [1.807, 2.05) is 31.2 Å². The maximum Gasteiger partial charge on any atom is 0.356 e. The number of nitrogen functional groups attached to an aromatic ring is 1. The zero-order valence-electron chi connectivity index (χ0n) is 10.9. The summed E-state index contributed by atoms with van der Waals surface area (Å²) in [4.78, 5) is 15.6. The number of nitrogens with zero attached hydrogens (tertiary/aromatic N) is 2. The number of hydrogen-bond donors (Lipinski definition) is 2. The van der Waals surface area contributed by atoms with Crippen LogP contribution in [0.2, 0.25) is 0 Å². The van der Waals surface area contributed by atoms with Gasteiger partial charge in [-0.1, -0.05) is 30.3 Å². The lowest BCUT2D eigenvalue weighted by molar-refractivity contribution is 0.0693. The standard InChI is InChI=1S/C15H13N3O2/c1-9-5-2-3-6-10(9)14-17-13(15(19)20)11-7-4-8-12(16)18(11)14/h2-8H,16H2,1H3,(H,19,20). The lowest BCUT2D eigenvalue weighted by atomic mass is 10.1. The van der Waals surface area contributed by atoms with Crippen molar-refractivity contribution in [1.82, 2.24) is 9.38 Å². The smallest absolute Gasteiger partial charge is 0.356 e. The fraction of sp³-hybridized carbons (Fsp3) is 0.0667. The number of fused-ring (bicyclic) bond motifs is 1. The van der Waals surface area contributed by atoms with E-state index in [-0.39, 0.29) is 5.69 Å². The van der Waals surface area contributed by atoms with Crippen molar-refractivity contribution in [1.29, 1.82) is 0 Å². The molecule has 0 fully saturated rings. The second kappa shape index (κ2) is 4.38. The second-order valence-corrected chi connectivity index (χ2v) is 4.58. The van der Waals surface area contributed by atoms with Gasteiger partial charge in [0, 0.05) is 5.56 Å². The van der Waals surface area contributed by atoms with Gasteiger partial charge in [-0.15, -0.1) is 0 Å². The predicted molar refractivity (Wildman–Crippen MR) is 76.7 cm³/mol. The lowest BCUT2D eigenvalue weighted by Gasteiger charge is -2.06. The van der Waals surface area contributed by atoms with Crippen LogP contribution in [0.4, 0.5) is 5.82 Å². The van der Waals surface area contributed by atoms with Crippen LogP contribution in [0.15, 0.2) is 42.5 Å². The number of benzene rings is 1. The molecule has 0 aliphatic carbocycles. The van der Waals surface area contributed by atoms with Gasteiger partial charge in [0.15, 0.2) is 5.69 Å². The van der Waals surface area contributed by atoms with Crippen LogP contribution >= 0.6 is 0 Å². The van der Waals surface area contributed by atoms with Gasteiger partial charge in [0.05, 0.1) is 5.52 Å². The third kappa shape index (κ3) is 1.72. The van der Waals surface area contributed by atoms with Gasteiger partial charge >= 0.3 is 5.97 Å². The molecule has 5 nitrogen and oxygen atoms in total. The van der Waals surface area contributed by atoms with Gasteiger partial charge in [-0.3, -0.25) is 4.40 Å². The molecule has 0 saturated heterocycles. The number of carboxylic acids is 1. The molecule has 0 saturated carbocycles. The molecule has 0 amide bonds. The van der Waals surface area contributed by atoms with Crippen LogP contribution in [0.5, 0.6) is 0 Å². The van der Waals surface area contributed by atoms with Gasteiger partial charge in [0.25, 0.3) is 0 Å². The average molecular weight is 267 g/mol. The minimum absolute atomic E-state index is 0.00977. The predicted octanol–water partition coefficient (Wildman–Crippen LogP) is 2.59. The molecule has 1 aromatic carbocycles. The number of carbonyl (C=O) groups is 1. The first-order chi connectivity index (χ1) is 9.59. The first kappa shape index (κ1) is 12.2. The molecule has 20 heavy (non-hydrogen) atoms. The Bertz CT molecular complexity index is 821. The van der Waals surface area contributed by atoms with Crippen LogP contribution in [0.1, 0.15) is 16.1 Å². The van der Waals surface area contributed by atoms with E-state index < -0.39 is 5.97 Å². The summed E-state index contributed by atoms with van der Waals surface area (Å²) in [6, 6.07) is 12.8. The number of nitrogens with two attached hydrogens (primary N) is 1. The van der Waals surface area contributed by atoms with E-state index in [0.717, 1.165) is 11.1 Å². The molecule has 2 heterocycles. The molecule has 5 heteroatoms. The Kier molecular flexibility index (Phi) is 2.68. The SMILES string of the molecule is Cc1ccccc1-c1nc(C(=O)O)c2cccc(N)n12. The second-order valence-electron chi connectivity index (χ2n) is 4.58. The zero-order valence-corrected chi connectivity index (χ0v) is 10.9. The largest absolute Gasteiger partial charge is 0.476 e. The number of rotatable bonds is 2. The van der Waals surface area contributed by atoms with Crippen molar-refractivity contribution in [2.75, 3.05) is 5.73 Å². The summed E-state index contributed by atoms with van der Waals surface area (Å²) in [5, 5.41) is 9.29. The van der Waals surface area contributed by atoms with E-state index in [0.29, 0.717) is 17.2 Å². The third-order valence-electron chi connectivity index (χ3n) is 3.28. The summed E-state index contributed by atoms with van der Waals surface area (Å²) in [5.41, 5.74) is 8.38. The summed E-state index contributed by atoms with van der Waals surface area (Å²) in [6.07, 6.45) is 0. The normalized spacial score (nSPS) is 10.8. The number of pyridine rings is 1. The number of hydrogen-bond acceptors (Lipinski definition) is 3. The van der Waals surface area contributed by atoms with E-state index in [9.17, 15) is 9.90 Å². The number of aryl methyl sites for hydroxylation is 1. The van der Waals surface area contributed by atoms with Crippen molar-refractivity contribution in [2.24, 2.45) is 0 Å². The van der Waals surface area contributed by atoms with Crippen LogP contribution in [0.25, 0.3) is 16.9 Å². The Hall–Kier alpha value is -2.82. The summed E-state index contributed by atoms with van der Waals surface area (Å²) in [7, 11) is 0. The fourth-order valence-electron chi connectivity index (χ4n) is 2.32. The van der Waals surface area contributed by atoms with Crippen molar-refractivity contribution in [3.8, 4) is 11.4 Å². The maximum absolute atomic E-state index is 11.3. The van der Waals surface area contributed by atoms with Crippen LogP contribution < -0.4 is 5.73 Å². The molecule has 0 spiro atoms.